The summed E-state index contributed by atoms with van der Waals surface area (Å²) in [7, 11) is 0. The summed E-state index contributed by atoms with van der Waals surface area (Å²) in [6.07, 6.45) is 1.40. The summed E-state index contributed by atoms with van der Waals surface area (Å²) < 4.78 is 5.43. The van der Waals surface area contributed by atoms with Gasteiger partial charge in [-0.2, -0.15) is 0 Å². The molecular weight excluding hydrogens is 248 g/mol. The Labute approximate surface area is 108 Å². The van der Waals surface area contributed by atoms with Crippen LogP contribution in [0.3, 0.4) is 0 Å². The first-order valence-corrected chi connectivity index (χ1v) is 5.45. The summed E-state index contributed by atoms with van der Waals surface area (Å²) >= 11 is 0. The number of rotatable bonds is 4. The van der Waals surface area contributed by atoms with Crippen LogP contribution in [0.5, 0.6) is 11.5 Å². The van der Waals surface area contributed by atoms with Gasteiger partial charge in [-0.05, 0) is 18.2 Å². The quantitative estimate of drug-likeness (QED) is 0.478. The van der Waals surface area contributed by atoms with Gasteiger partial charge in [0, 0.05) is 13.0 Å². The number of benzene rings is 1. The van der Waals surface area contributed by atoms with Crippen molar-refractivity contribution < 1.29 is 14.5 Å². The molecule has 0 radical (unpaired) electrons. The number of carbonyl (C=O) groups excluding carboxylic acids is 1. The predicted octanol–water partition coefficient (Wildman–Crippen LogP) is 2.98. The largest absolute Gasteiger partial charge is 0.455 e. The van der Waals surface area contributed by atoms with E-state index in [1.165, 1.54) is 37.4 Å². The van der Waals surface area contributed by atoms with Crippen molar-refractivity contribution in [2.45, 2.75) is 6.92 Å². The van der Waals surface area contributed by atoms with E-state index < -0.39 is 4.92 Å². The lowest BCUT2D eigenvalue weighted by atomic mass is 10.2. The molecule has 0 aliphatic heterocycles. The van der Waals surface area contributed by atoms with Crippen molar-refractivity contribution in [3.05, 3.63) is 58.4 Å². The molecule has 96 valence electrons. The highest BCUT2D eigenvalue weighted by molar-refractivity contribution is 5.92. The van der Waals surface area contributed by atoms with Gasteiger partial charge in [-0.1, -0.05) is 6.07 Å². The number of nitrogens with zero attached hydrogens (tertiary/aromatic N) is 2. The number of nitro benzene ring substituents is 1. The third-order valence-corrected chi connectivity index (χ3v) is 2.36. The van der Waals surface area contributed by atoms with Crippen LogP contribution in [0.1, 0.15) is 17.4 Å². The Balaban J connectivity index is 2.19. The average Bonchev–Trinajstić information content (AvgIpc) is 2.39. The van der Waals surface area contributed by atoms with Crippen molar-refractivity contribution in [2.24, 2.45) is 0 Å². The number of nitro groups is 1. The van der Waals surface area contributed by atoms with Crippen LogP contribution in [0.4, 0.5) is 5.69 Å². The smallest absolute Gasteiger partial charge is 0.273 e. The van der Waals surface area contributed by atoms with Gasteiger partial charge in [0.1, 0.15) is 17.2 Å². The fourth-order valence-electron chi connectivity index (χ4n) is 1.45. The molecule has 1 aromatic heterocycles. The second kappa shape index (κ2) is 5.26. The second-order valence-corrected chi connectivity index (χ2v) is 3.79. The molecule has 0 saturated heterocycles. The van der Waals surface area contributed by atoms with Gasteiger partial charge in [-0.25, -0.2) is 4.98 Å². The highest BCUT2D eigenvalue weighted by Gasteiger charge is 2.07. The van der Waals surface area contributed by atoms with Crippen LogP contribution in [0.15, 0.2) is 42.6 Å². The van der Waals surface area contributed by atoms with E-state index in [2.05, 4.69) is 4.98 Å². The normalized spacial score (nSPS) is 9.95. The number of aromatic nitrogens is 1. The zero-order valence-corrected chi connectivity index (χ0v) is 10.1. The van der Waals surface area contributed by atoms with E-state index in [-0.39, 0.29) is 11.5 Å². The van der Waals surface area contributed by atoms with Gasteiger partial charge in [0.05, 0.1) is 17.2 Å². The number of non-ortho nitro benzene ring substituents is 1. The molecule has 0 N–H and O–H groups in total. The molecule has 19 heavy (non-hydrogen) atoms. The van der Waals surface area contributed by atoms with Crippen LogP contribution >= 0.6 is 0 Å². The van der Waals surface area contributed by atoms with Gasteiger partial charge < -0.3 is 4.74 Å². The number of carbonyl (C=O) groups is 1. The monoisotopic (exact) mass is 258 g/mol. The van der Waals surface area contributed by atoms with E-state index in [1.54, 1.807) is 12.1 Å². The van der Waals surface area contributed by atoms with Crippen molar-refractivity contribution in [3.63, 3.8) is 0 Å². The molecule has 6 nitrogen and oxygen atoms in total. The Morgan fingerprint density at radius 2 is 2.05 bits per heavy atom. The molecule has 2 rings (SSSR count). The summed E-state index contributed by atoms with van der Waals surface area (Å²) in [5, 5.41) is 10.6. The first kappa shape index (κ1) is 12.7. The standard InChI is InChI=1S/C13H10N2O4/c1-9(16)13-6-5-12(8-14-13)19-11-4-2-3-10(7-11)15(17)18/h2-8H,1H3. The molecule has 0 atom stereocenters. The Morgan fingerprint density at radius 1 is 1.26 bits per heavy atom. The lowest BCUT2D eigenvalue weighted by Gasteiger charge is -2.05. The number of hydrogen-bond donors (Lipinski definition) is 0. The number of pyridine rings is 1. The molecule has 0 unspecified atom stereocenters. The first-order chi connectivity index (χ1) is 9.06. The van der Waals surface area contributed by atoms with E-state index in [9.17, 15) is 14.9 Å². The van der Waals surface area contributed by atoms with Gasteiger partial charge in [-0.15, -0.1) is 0 Å². The van der Waals surface area contributed by atoms with Crippen molar-refractivity contribution in [3.8, 4) is 11.5 Å². The van der Waals surface area contributed by atoms with Gasteiger partial charge in [0.15, 0.2) is 5.78 Å². The SMILES string of the molecule is CC(=O)c1ccc(Oc2cccc([N+](=O)[O-])c2)cn1. The Bertz CT molecular complexity index is 623. The molecule has 0 amide bonds. The maximum Gasteiger partial charge on any atom is 0.273 e. The number of ketones is 1. The van der Waals surface area contributed by atoms with Crippen molar-refractivity contribution in [2.75, 3.05) is 0 Å². The lowest BCUT2D eigenvalue weighted by molar-refractivity contribution is -0.384. The average molecular weight is 258 g/mol. The highest BCUT2D eigenvalue weighted by Crippen LogP contribution is 2.24. The predicted molar refractivity (Wildman–Crippen MR) is 67.4 cm³/mol. The van der Waals surface area contributed by atoms with E-state index >= 15 is 0 Å². The summed E-state index contributed by atoms with van der Waals surface area (Å²) in [6.45, 7) is 1.42. The molecule has 2 aromatic rings. The first-order valence-electron chi connectivity index (χ1n) is 5.45. The van der Waals surface area contributed by atoms with Crippen LogP contribution in [0, 0.1) is 10.1 Å². The maximum atomic E-state index is 11.1. The molecule has 0 fully saturated rings. The molecule has 1 heterocycles. The number of Topliss-reactive ketones (excluding diaryl/α,β-unsaturated/α-hetero) is 1. The van der Waals surface area contributed by atoms with Gasteiger partial charge in [0.2, 0.25) is 0 Å². The molecule has 1 aromatic carbocycles. The van der Waals surface area contributed by atoms with E-state index in [0.29, 0.717) is 17.2 Å². The molecule has 0 spiro atoms. The summed E-state index contributed by atoms with van der Waals surface area (Å²) in [4.78, 5) is 25.1. The van der Waals surface area contributed by atoms with Crippen LogP contribution in [0.2, 0.25) is 0 Å². The second-order valence-electron chi connectivity index (χ2n) is 3.79. The minimum atomic E-state index is -0.496. The minimum Gasteiger partial charge on any atom is -0.455 e. The Morgan fingerprint density at radius 3 is 2.63 bits per heavy atom. The summed E-state index contributed by atoms with van der Waals surface area (Å²) in [6, 6.07) is 8.96. The molecular formula is C13H10N2O4. The highest BCUT2D eigenvalue weighted by atomic mass is 16.6. The molecule has 0 bridgehead atoms. The Kier molecular flexibility index (Phi) is 3.51. The third-order valence-electron chi connectivity index (χ3n) is 2.36. The number of ether oxygens (including phenoxy) is 1. The minimum absolute atomic E-state index is 0.0502. The van der Waals surface area contributed by atoms with Crippen molar-refractivity contribution >= 4 is 11.5 Å². The molecule has 0 aliphatic rings. The van der Waals surface area contributed by atoms with Crippen molar-refractivity contribution in [1.29, 1.82) is 0 Å². The van der Waals surface area contributed by atoms with Gasteiger partial charge in [0.25, 0.3) is 5.69 Å². The number of hydrogen-bond acceptors (Lipinski definition) is 5. The molecule has 0 saturated carbocycles. The van der Waals surface area contributed by atoms with Crippen LogP contribution in [-0.2, 0) is 0 Å². The van der Waals surface area contributed by atoms with Crippen LogP contribution in [-0.4, -0.2) is 15.7 Å². The lowest BCUT2D eigenvalue weighted by Crippen LogP contribution is -1.96. The third kappa shape index (κ3) is 3.12. The summed E-state index contributed by atoms with van der Waals surface area (Å²) in [5.41, 5.74) is 0.289. The maximum absolute atomic E-state index is 11.1. The molecule has 6 heteroatoms. The van der Waals surface area contributed by atoms with Crippen molar-refractivity contribution in [1.82, 2.24) is 4.98 Å². The fraction of sp³-hybridized carbons (Fsp3) is 0.0769. The zero-order chi connectivity index (χ0) is 13.8. The zero-order valence-electron chi connectivity index (χ0n) is 10.1. The van der Waals surface area contributed by atoms with Gasteiger partial charge in [-0.3, -0.25) is 14.9 Å². The van der Waals surface area contributed by atoms with Crippen LogP contribution < -0.4 is 4.74 Å². The summed E-state index contributed by atoms with van der Waals surface area (Å²) in [5.74, 6) is 0.610. The van der Waals surface area contributed by atoms with E-state index in [1.807, 2.05) is 0 Å². The van der Waals surface area contributed by atoms with E-state index in [4.69, 9.17) is 4.74 Å². The van der Waals surface area contributed by atoms with Crippen LogP contribution in [0.25, 0.3) is 0 Å². The topological polar surface area (TPSA) is 82.3 Å². The Hall–Kier alpha value is -2.76. The van der Waals surface area contributed by atoms with E-state index in [0.717, 1.165) is 0 Å². The van der Waals surface area contributed by atoms with Gasteiger partial charge >= 0.3 is 0 Å². The fourth-order valence-corrected chi connectivity index (χ4v) is 1.45. The molecule has 0 aliphatic carbocycles.